The van der Waals surface area contributed by atoms with Crippen LogP contribution in [0.25, 0.3) is 10.2 Å². The maximum atomic E-state index is 5.39. The number of hydrogen-bond acceptors (Lipinski definition) is 7. The Morgan fingerprint density at radius 3 is 2.89 bits per heavy atom. The van der Waals surface area contributed by atoms with Crippen molar-refractivity contribution in [1.82, 2.24) is 9.97 Å². The minimum absolute atomic E-state index is 0.438. The van der Waals surface area contributed by atoms with Gasteiger partial charge in [0.05, 0.1) is 5.39 Å². The van der Waals surface area contributed by atoms with Crippen molar-refractivity contribution in [2.75, 3.05) is 17.3 Å². The molecule has 0 aliphatic heterocycles. The molecule has 19 heavy (non-hydrogen) atoms. The van der Waals surface area contributed by atoms with E-state index in [1.165, 1.54) is 4.88 Å². The highest BCUT2D eigenvalue weighted by Gasteiger charge is 2.07. The second-order valence-electron chi connectivity index (χ2n) is 3.94. The molecule has 0 unspecified atom stereocenters. The molecule has 0 radical (unpaired) electrons. The van der Waals surface area contributed by atoms with Crippen LogP contribution >= 0.6 is 22.7 Å². The summed E-state index contributed by atoms with van der Waals surface area (Å²) in [6, 6.07) is 6.23. The molecule has 0 aromatic carbocycles. The number of hydrogen-bond donors (Lipinski definition) is 3. The zero-order chi connectivity index (χ0) is 13.1. The Kier molecular flexibility index (Phi) is 3.58. The van der Waals surface area contributed by atoms with Gasteiger partial charge in [0.15, 0.2) is 0 Å². The average Bonchev–Trinajstić information content (AvgIpc) is 3.08. The van der Waals surface area contributed by atoms with Crippen LogP contribution in [-0.4, -0.2) is 16.5 Å². The van der Waals surface area contributed by atoms with Crippen molar-refractivity contribution < 1.29 is 0 Å². The van der Waals surface area contributed by atoms with Gasteiger partial charge in [-0.15, -0.1) is 22.7 Å². The highest BCUT2D eigenvalue weighted by atomic mass is 32.1. The van der Waals surface area contributed by atoms with Crippen LogP contribution in [-0.2, 0) is 6.42 Å². The van der Waals surface area contributed by atoms with Crippen molar-refractivity contribution in [3.8, 4) is 0 Å². The van der Waals surface area contributed by atoms with Crippen LogP contribution in [0, 0.1) is 0 Å². The van der Waals surface area contributed by atoms with Crippen molar-refractivity contribution in [3.05, 3.63) is 33.8 Å². The number of nitrogen functional groups attached to an aromatic ring is 1. The van der Waals surface area contributed by atoms with Gasteiger partial charge in [-0.3, -0.25) is 5.43 Å². The monoisotopic (exact) mass is 291 g/mol. The Bertz CT molecular complexity index is 662. The van der Waals surface area contributed by atoms with Gasteiger partial charge in [0.25, 0.3) is 0 Å². The molecule has 0 fully saturated rings. The van der Waals surface area contributed by atoms with Crippen LogP contribution < -0.4 is 16.6 Å². The lowest BCUT2D eigenvalue weighted by Crippen LogP contribution is -2.13. The van der Waals surface area contributed by atoms with E-state index in [4.69, 9.17) is 5.84 Å². The molecule has 3 rings (SSSR count). The van der Waals surface area contributed by atoms with E-state index in [9.17, 15) is 0 Å². The SMILES string of the molecule is NNc1nc(NCCc2cccs2)c2ccsc2n1. The van der Waals surface area contributed by atoms with Crippen LogP contribution in [0.5, 0.6) is 0 Å². The normalized spacial score (nSPS) is 10.8. The summed E-state index contributed by atoms with van der Waals surface area (Å²) in [5.41, 5.74) is 2.50. The Morgan fingerprint density at radius 1 is 1.16 bits per heavy atom. The molecule has 0 spiro atoms. The maximum Gasteiger partial charge on any atom is 0.240 e. The summed E-state index contributed by atoms with van der Waals surface area (Å²) < 4.78 is 0. The maximum absolute atomic E-state index is 5.39. The van der Waals surface area contributed by atoms with Gasteiger partial charge in [0.1, 0.15) is 10.6 Å². The number of aromatic nitrogens is 2. The molecule has 4 N–H and O–H groups in total. The first-order valence-electron chi connectivity index (χ1n) is 5.85. The summed E-state index contributed by atoms with van der Waals surface area (Å²) in [6.07, 6.45) is 0.985. The first kappa shape index (κ1) is 12.3. The Balaban J connectivity index is 1.77. The summed E-state index contributed by atoms with van der Waals surface area (Å²) in [5.74, 6) is 6.66. The molecule has 3 aromatic rings. The number of rotatable bonds is 5. The number of nitrogens with one attached hydrogen (secondary N) is 2. The van der Waals surface area contributed by atoms with E-state index in [-0.39, 0.29) is 0 Å². The van der Waals surface area contributed by atoms with E-state index in [0.717, 1.165) is 29.0 Å². The van der Waals surface area contributed by atoms with Gasteiger partial charge in [0.2, 0.25) is 5.95 Å². The van der Waals surface area contributed by atoms with Crippen molar-refractivity contribution in [2.24, 2.45) is 5.84 Å². The first-order chi connectivity index (χ1) is 9.36. The number of fused-ring (bicyclic) bond motifs is 1. The molecule has 0 atom stereocenters. The van der Waals surface area contributed by atoms with Gasteiger partial charge in [-0.2, -0.15) is 4.98 Å². The molecule has 5 nitrogen and oxygen atoms in total. The molecule has 0 saturated carbocycles. The second kappa shape index (κ2) is 5.52. The molecular weight excluding hydrogens is 278 g/mol. The predicted octanol–water partition coefficient (Wildman–Crippen LogP) is 2.69. The van der Waals surface area contributed by atoms with Gasteiger partial charge in [-0.05, 0) is 29.3 Å². The average molecular weight is 291 g/mol. The van der Waals surface area contributed by atoms with Gasteiger partial charge in [-0.1, -0.05) is 6.07 Å². The van der Waals surface area contributed by atoms with Gasteiger partial charge >= 0.3 is 0 Å². The van der Waals surface area contributed by atoms with Crippen molar-refractivity contribution in [2.45, 2.75) is 6.42 Å². The van der Waals surface area contributed by atoms with E-state index in [1.807, 2.05) is 11.4 Å². The number of thiophene rings is 2. The third-order valence-corrected chi connectivity index (χ3v) is 4.44. The Hall–Kier alpha value is -1.70. The van der Waals surface area contributed by atoms with E-state index < -0.39 is 0 Å². The Labute approximate surface area is 118 Å². The van der Waals surface area contributed by atoms with Crippen LogP contribution in [0.1, 0.15) is 4.88 Å². The third-order valence-electron chi connectivity index (χ3n) is 2.70. The highest BCUT2D eigenvalue weighted by Crippen LogP contribution is 2.26. The Morgan fingerprint density at radius 2 is 2.11 bits per heavy atom. The highest BCUT2D eigenvalue weighted by molar-refractivity contribution is 7.16. The summed E-state index contributed by atoms with van der Waals surface area (Å²) in [4.78, 5) is 11.0. The van der Waals surface area contributed by atoms with Crippen LogP contribution in [0.3, 0.4) is 0 Å². The quantitative estimate of drug-likeness (QED) is 0.498. The van der Waals surface area contributed by atoms with Crippen LogP contribution in [0.15, 0.2) is 29.0 Å². The van der Waals surface area contributed by atoms with Crippen molar-refractivity contribution in [1.29, 1.82) is 0 Å². The summed E-state index contributed by atoms with van der Waals surface area (Å²) in [6.45, 7) is 0.840. The number of anilines is 2. The third kappa shape index (κ3) is 2.67. The number of nitrogens with zero attached hydrogens (tertiary/aromatic N) is 2. The molecule has 3 aromatic heterocycles. The zero-order valence-corrected chi connectivity index (χ0v) is 11.7. The molecule has 98 valence electrons. The first-order valence-corrected chi connectivity index (χ1v) is 7.61. The summed E-state index contributed by atoms with van der Waals surface area (Å²) in [5, 5.41) is 8.49. The molecule has 0 bridgehead atoms. The van der Waals surface area contributed by atoms with Gasteiger partial charge < -0.3 is 5.32 Å². The smallest absolute Gasteiger partial charge is 0.240 e. The lowest BCUT2D eigenvalue weighted by atomic mass is 10.3. The fraction of sp³-hybridized carbons (Fsp3) is 0.167. The van der Waals surface area contributed by atoms with Crippen LogP contribution in [0.4, 0.5) is 11.8 Å². The number of nitrogens with two attached hydrogens (primary N) is 1. The molecule has 0 saturated heterocycles. The molecule has 0 aliphatic rings. The van der Waals surface area contributed by atoms with Gasteiger partial charge in [-0.25, -0.2) is 10.8 Å². The van der Waals surface area contributed by atoms with E-state index in [0.29, 0.717) is 5.95 Å². The molecule has 3 heterocycles. The summed E-state index contributed by atoms with van der Waals surface area (Å²) in [7, 11) is 0. The lowest BCUT2D eigenvalue weighted by molar-refractivity contribution is 1.03. The molecular formula is C12H13N5S2. The van der Waals surface area contributed by atoms with E-state index in [1.54, 1.807) is 22.7 Å². The molecule has 0 aliphatic carbocycles. The standard InChI is InChI=1S/C12H13N5S2/c13-17-12-15-10(9-4-7-19-11(9)16-12)14-5-3-8-2-1-6-18-8/h1-2,4,6-7H,3,5,13H2,(H2,14,15,16,17). The summed E-state index contributed by atoms with van der Waals surface area (Å²) >= 11 is 3.35. The molecule has 0 amide bonds. The number of hydrazine groups is 1. The lowest BCUT2D eigenvalue weighted by Gasteiger charge is -2.07. The molecule has 7 heteroatoms. The predicted molar refractivity (Wildman–Crippen MR) is 81.7 cm³/mol. The second-order valence-corrected chi connectivity index (χ2v) is 5.86. The van der Waals surface area contributed by atoms with Crippen molar-refractivity contribution >= 4 is 44.7 Å². The van der Waals surface area contributed by atoms with E-state index >= 15 is 0 Å². The van der Waals surface area contributed by atoms with Crippen molar-refractivity contribution in [3.63, 3.8) is 0 Å². The zero-order valence-electron chi connectivity index (χ0n) is 10.1. The minimum Gasteiger partial charge on any atom is -0.369 e. The largest absolute Gasteiger partial charge is 0.369 e. The fourth-order valence-corrected chi connectivity index (χ4v) is 3.29. The van der Waals surface area contributed by atoms with Crippen LogP contribution in [0.2, 0.25) is 0 Å². The minimum atomic E-state index is 0.438. The fourth-order valence-electron chi connectivity index (χ4n) is 1.81. The van der Waals surface area contributed by atoms with Gasteiger partial charge in [0, 0.05) is 11.4 Å². The van der Waals surface area contributed by atoms with E-state index in [2.05, 4.69) is 38.2 Å². The topological polar surface area (TPSA) is 75.9 Å².